The van der Waals surface area contributed by atoms with Gasteiger partial charge in [0.15, 0.2) is 5.78 Å². The van der Waals surface area contributed by atoms with E-state index in [9.17, 15) is 4.79 Å². The fraction of sp³-hybridized carbons (Fsp3) is 0.412. The van der Waals surface area contributed by atoms with Crippen LogP contribution >= 0.6 is 11.3 Å². The van der Waals surface area contributed by atoms with E-state index in [1.54, 1.807) is 11.3 Å². The lowest BCUT2D eigenvalue weighted by Gasteiger charge is -2.34. The molecule has 0 spiro atoms. The number of thiazole rings is 1. The number of Topliss-reactive ketones (excluding diaryl/α,β-unsaturated/α-hetero) is 1. The number of nitrogens with zero attached hydrogens (tertiary/aromatic N) is 2. The number of ketones is 1. The van der Waals surface area contributed by atoms with Crippen LogP contribution in [0.2, 0.25) is 0 Å². The molecule has 5 heteroatoms. The van der Waals surface area contributed by atoms with Gasteiger partial charge in [0, 0.05) is 36.5 Å². The minimum absolute atomic E-state index is 0.128. The molecule has 1 atom stereocenters. The summed E-state index contributed by atoms with van der Waals surface area (Å²) in [5.74, 6) is 0.176. The number of aromatic nitrogens is 1. The van der Waals surface area contributed by atoms with E-state index >= 15 is 0 Å². The van der Waals surface area contributed by atoms with Gasteiger partial charge in [-0.1, -0.05) is 30.3 Å². The Labute approximate surface area is 134 Å². The molecule has 0 N–H and O–H groups in total. The van der Waals surface area contributed by atoms with Crippen LogP contribution in [0.4, 0.5) is 0 Å². The highest BCUT2D eigenvalue weighted by atomic mass is 32.1. The van der Waals surface area contributed by atoms with E-state index in [4.69, 9.17) is 4.74 Å². The van der Waals surface area contributed by atoms with E-state index in [0.717, 1.165) is 36.0 Å². The fourth-order valence-electron chi connectivity index (χ4n) is 2.73. The van der Waals surface area contributed by atoms with Crippen molar-refractivity contribution >= 4 is 17.1 Å². The first-order valence-electron chi connectivity index (χ1n) is 7.53. The van der Waals surface area contributed by atoms with Crippen molar-refractivity contribution < 1.29 is 9.53 Å². The molecule has 1 aliphatic heterocycles. The molecule has 1 unspecified atom stereocenters. The summed E-state index contributed by atoms with van der Waals surface area (Å²) in [5.41, 5.74) is 1.86. The Hall–Kier alpha value is -1.56. The third kappa shape index (κ3) is 3.80. The summed E-state index contributed by atoms with van der Waals surface area (Å²) in [6, 6.07) is 9.61. The van der Waals surface area contributed by atoms with Gasteiger partial charge in [0.1, 0.15) is 0 Å². The summed E-state index contributed by atoms with van der Waals surface area (Å²) < 4.78 is 5.58. The molecule has 22 heavy (non-hydrogen) atoms. The number of aryl methyl sites for hydroxylation is 1. The summed E-state index contributed by atoms with van der Waals surface area (Å²) in [4.78, 5) is 19.3. The summed E-state index contributed by atoms with van der Waals surface area (Å²) in [6.07, 6.45) is 0.493. The Bertz CT molecular complexity index is 627. The predicted octanol–water partition coefficient (Wildman–Crippen LogP) is 2.93. The van der Waals surface area contributed by atoms with Gasteiger partial charge in [-0.3, -0.25) is 9.69 Å². The van der Waals surface area contributed by atoms with E-state index in [1.165, 1.54) is 0 Å². The van der Waals surface area contributed by atoms with E-state index in [1.807, 2.05) is 37.3 Å². The Balaban J connectivity index is 1.66. The van der Waals surface area contributed by atoms with Crippen LogP contribution < -0.4 is 0 Å². The van der Waals surface area contributed by atoms with Gasteiger partial charge in [0.25, 0.3) is 0 Å². The van der Waals surface area contributed by atoms with Gasteiger partial charge in [0.05, 0.1) is 23.9 Å². The van der Waals surface area contributed by atoms with Crippen molar-refractivity contribution in [1.29, 1.82) is 0 Å². The number of rotatable bonds is 5. The van der Waals surface area contributed by atoms with Crippen molar-refractivity contribution in [1.82, 2.24) is 9.88 Å². The van der Waals surface area contributed by atoms with Gasteiger partial charge in [-0.15, -0.1) is 11.3 Å². The van der Waals surface area contributed by atoms with Gasteiger partial charge in [-0.05, 0) is 6.92 Å². The Morgan fingerprint density at radius 3 is 2.95 bits per heavy atom. The average molecular weight is 316 g/mol. The average Bonchev–Trinajstić information content (AvgIpc) is 2.95. The smallest absolute Gasteiger partial charge is 0.164 e. The van der Waals surface area contributed by atoms with Crippen LogP contribution in [0.15, 0.2) is 35.7 Å². The maximum atomic E-state index is 12.4. The molecule has 2 heterocycles. The third-order valence-corrected chi connectivity index (χ3v) is 4.72. The number of hydrogen-bond acceptors (Lipinski definition) is 5. The number of carbonyl (C=O) groups excluding carboxylic acids is 1. The first-order chi connectivity index (χ1) is 10.7. The second kappa shape index (κ2) is 7.13. The largest absolute Gasteiger partial charge is 0.378 e. The molecule has 2 aromatic rings. The van der Waals surface area contributed by atoms with Crippen LogP contribution in [0.3, 0.4) is 0 Å². The molecule has 1 fully saturated rings. The molecule has 4 nitrogen and oxygen atoms in total. The predicted molar refractivity (Wildman–Crippen MR) is 87.3 cm³/mol. The number of hydrogen-bond donors (Lipinski definition) is 0. The Morgan fingerprint density at radius 2 is 2.23 bits per heavy atom. The molecule has 116 valence electrons. The molecule has 0 aliphatic carbocycles. The summed E-state index contributed by atoms with van der Waals surface area (Å²) in [5, 5.41) is 3.18. The minimum atomic E-state index is 0.128. The quantitative estimate of drug-likeness (QED) is 0.796. The fourth-order valence-corrected chi connectivity index (χ4v) is 3.33. The van der Waals surface area contributed by atoms with Crippen molar-refractivity contribution in [2.24, 2.45) is 0 Å². The lowest BCUT2D eigenvalue weighted by molar-refractivity contribution is -0.0130. The molecule has 0 radical (unpaired) electrons. The molecular formula is C17H20N2O2S. The molecule has 1 aromatic carbocycles. The lowest BCUT2D eigenvalue weighted by Crippen LogP contribution is -2.45. The standard InChI is InChI=1S/C17H20N2O2S/c1-13-18-15(12-22-13)10-19-7-8-21-11-16(19)9-17(20)14-5-3-2-4-6-14/h2-6,12,16H,7-11H2,1H3. The van der Waals surface area contributed by atoms with Crippen LogP contribution in [0.1, 0.15) is 27.5 Å². The third-order valence-electron chi connectivity index (χ3n) is 3.90. The van der Waals surface area contributed by atoms with Gasteiger partial charge >= 0.3 is 0 Å². The van der Waals surface area contributed by atoms with Crippen molar-refractivity contribution in [3.63, 3.8) is 0 Å². The lowest BCUT2D eigenvalue weighted by atomic mass is 10.0. The molecule has 3 rings (SSSR count). The number of morpholine rings is 1. The number of carbonyl (C=O) groups is 1. The minimum Gasteiger partial charge on any atom is -0.378 e. The van der Waals surface area contributed by atoms with E-state index in [0.29, 0.717) is 13.0 Å². The second-order valence-corrected chi connectivity index (χ2v) is 6.61. The maximum Gasteiger partial charge on any atom is 0.164 e. The molecule has 0 bridgehead atoms. The van der Waals surface area contributed by atoms with Gasteiger partial charge < -0.3 is 4.74 Å². The van der Waals surface area contributed by atoms with Crippen molar-refractivity contribution in [2.45, 2.75) is 25.9 Å². The first kappa shape index (κ1) is 15.3. The molecule has 1 saturated heterocycles. The van der Waals surface area contributed by atoms with Crippen LogP contribution in [0, 0.1) is 6.92 Å². The van der Waals surface area contributed by atoms with Crippen LogP contribution in [-0.2, 0) is 11.3 Å². The summed E-state index contributed by atoms with van der Waals surface area (Å²) in [7, 11) is 0. The van der Waals surface area contributed by atoms with Crippen molar-refractivity contribution in [2.75, 3.05) is 19.8 Å². The monoisotopic (exact) mass is 316 g/mol. The number of benzene rings is 1. The van der Waals surface area contributed by atoms with E-state index in [2.05, 4.69) is 15.3 Å². The topological polar surface area (TPSA) is 42.4 Å². The molecule has 0 saturated carbocycles. The van der Waals surface area contributed by atoms with Gasteiger partial charge in [0.2, 0.25) is 0 Å². The second-order valence-electron chi connectivity index (χ2n) is 5.55. The maximum absolute atomic E-state index is 12.4. The highest BCUT2D eigenvalue weighted by Gasteiger charge is 2.26. The molecule has 0 amide bonds. The van der Waals surface area contributed by atoms with Gasteiger partial charge in [-0.2, -0.15) is 0 Å². The zero-order valence-corrected chi connectivity index (χ0v) is 13.5. The first-order valence-corrected chi connectivity index (χ1v) is 8.41. The summed E-state index contributed by atoms with van der Waals surface area (Å²) in [6.45, 7) is 4.99. The Morgan fingerprint density at radius 1 is 1.41 bits per heavy atom. The van der Waals surface area contributed by atoms with Crippen LogP contribution in [0.5, 0.6) is 0 Å². The van der Waals surface area contributed by atoms with Crippen molar-refractivity contribution in [3.05, 3.63) is 52.0 Å². The molecule has 1 aromatic heterocycles. The zero-order valence-electron chi connectivity index (χ0n) is 12.7. The molecular weight excluding hydrogens is 296 g/mol. The normalized spacial score (nSPS) is 19.2. The van der Waals surface area contributed by atoms with Crippen LogP contribution in [-0.4, -0.2) is 41.5 Å². The highest BCUT2D eigenvalue weighted by Crippen LogP contribution is 2.18. The van der Waals surface area contributed by atoms with Crippen molar-refractivity contribution in [3.8, 4) is 0 Å². The van der Waals surface area contributed by atoms with Crippen LogP contribution in [0.25, 0.3) is 0 Å². The molecule has 1 aliphatic rings. The van der Waals surface area contributed by atoms with E-state index in [-0.39, 0.29) is 11.8 Å². The summed E-state index contributed by atoms with van der Waals surface area (Å²) >= 11 is 1.67. The highest BCUT2D eigenvalue weighted by molar-refractivity contribution is 7.09. The van der Waals surface area contributed by atoms with Gasteiger partial charge in [-0.25, -0.2) is 4.98 Å². The Kier molecular flexibility index (Phi) is 4.97. The SMILES string of the molecule is Cc1nc(CN2CCOCC2CC(=O)c2ccccc2)cs1. The number of ether oxygens (including phenoxy) is 1. The van der Waals surface area contributed by atoms with E-state index < -0.39 is 0 Å². The zero-order chi connectivity index (χ0) is 15.4.